The predicted octanol–water partition coefficient (Wildman–Crippen LogP) is 1.42. The van der Waals surface area contributed by atoms with Crippen LogP contribution in [0.1, 0.15) is 37.9 Å². The molecule has 0 fully saturated rings. The van der Waals surface area contributed by atoms with Crippen LogP contribution in [0.15, 0.2) is 12.4 Å². The molecule has 1 atom stereocenters. The summed E-state index contributed by atoms with van der Waals surface area (Å²) in [7, 11) is -0.233. The Labute approximate surface area is 97.1 Å². The summed E-state index contributed by atoms with van der Waals surface area (Å²) >= 11 is 0. The number of rotatable bonds is 4. The molecule has 0 aromatic carbocycles. The summed E-state index contributed by atoms with van der Waals surface area (Å²) in [6.07, 6.45) is 3.44. The number of imidazole rings is 1. The first-order valence-corrected chi connectivity index (χ1v) is 6.73. The lowest BCUT2D eigenvalue weighted by atomic mass is 10.3. The van der Waals surface area contributed by atoms with Gasteiger partial charge in [-0.25, -0.2) is 17.7 Å². The quantitative estimate of drug-likeness (QED) is 0.806. The molecule has 92 valence electrons. The standard InChI is InChI=1S/C10H19N3O2S/c1-8(2)13-7-6-11-10(13)9(3)16(14,15)12(4)5/h6-9H,1-5H3/t9-/m0/s1. The summed E-state index contributed by atoms with van der Waals surface area (Å²) in [5.41, 5.74) is 0. The maximum Gasteiger partial charge on any atom is 0.223 e. The number of hydrogen-bond donors (Lipinski definition) is 0. The molecular weight excluding hydrogens is 226 g/mol. The van der Waals surface area contributed by atoms with Crippen molar-refractivity contribution in [1.82, 2.24) is 13.9 Å². The molecule has 0 saturated heterocycles. The van der Waals surface area contributed by atoms with Gasteiger partial charge in [-0.1, -0.05) is 0 Å². The normalized spacial score (nSPS) is 14.7. The first kappa shape index (κ1) is 13.2. The van der Waals surface area contributed by atoms with Crippen LogP contribution in [0.5, 0.6) is 0 Å². The molecular formula is C10H19N3O2S. The number of hydrogen-bond acceptors (Lipinski definition) is 3. The average Bonchev–Trinajstić information content (AvgIpc) is 2.64. The van der Waals surface area contributed by atoms with Gasteiger partial charge in [-0.15, -0.1) is 0 Å². The minimum Gasteiger partial charge on any atom is -0.331 e. The first-order valence-electron chi connectivity index (χ1n) is 5.22. The molecule has 1 aromatic rings. The summed E-state index contributed by atoms with van der Waals surface area (Å²) in [5.74, 6) is 0.587. The Morgan fingerprint density at radius 1 is 1.31 bits per heavy atom. The van der Waals surface area contributed by atoms with Crippen molar-refractivity contribution in [3.63, 3.8) is 0 Å². The Bertz CT molecular complexity index is 448. The summed E-state index contributed by atoms with van der Waals surface area (Å²) < 4.78 is 27.1. The third-order valence-corrected chi connectivity index (χ3v) is 4.70. The van der Waals surface area contributed by atoms with E-state index in [0.29, 0.717) is 5.82 Å². The van der Waals surface area contributed by atoms with Gasteiger partial charge in [0.1, 0.15) is 11.1 Å². The van der Waals surface area contributed by atoms with E-state index in [2.05, 4.69) is 4.98 Å². The van der Waals surface area contributed by atoms with Crippen molar-refractivity contribution in [2.24, 2.45) is 0 Å². The van der Waals surface area contributed by atoms with Gasteiger partial charge in [-0.3, -0.25) is 0 Å². The van der Waals surface area contributed by atoms with Crippen LogP contribution in [0.4, 0.5) is 0 Å². The lowest BCUT2D eigenvalue weighted by Gasteiger charge is -2.20. The van der Waals surface area contributed by atoms with Crippen molar-refractivity contribution < 1.29 is 8.42 Å². The summed E-state index contributed by atoms with van der Waals surface area (Å²) in [5, 5.41) is -0.625. The molecule has 1 rings (SSSR count). The molecule has 0 unspecified atom stereocenters. The van der Waals surface area contributed by atoms with Gasteiger partial charge in [0.25, 0.3) is 0 Å². The van der Waals surface area contributed by atoms with Gasteiger partial charge in [0, 0.05) is 32.5 Å². The highest BCUT2D eigenvalue weighted by atomic mass is 32.2. The van der Waals surface area contributed by atoms with Crippen molar-refractivity contribution >= 4 is 10.0 Å². The largest absolute Gasteiger partial charge is 0.331 e. The topological polar surface area (TPSA) is 55.2 Å². The SMILES string of the molecule is CC(C)n1ccnc1[C@H](C)S(=O)(=O)N(C)C. The van der Waals surface area contributed by atoms with Crippen LogP contribution >= 0.6 is 0 Å². The smallest absolute Gasteiger partial charge is 0.223 e. The van der Waals surface area contributed by atoms with E-state index < -0.39 is 15.3 Å². The minimum absolute atomic E-state index is 0.206. The first-order chi connectivity index (χ1) is 7.28. The van der Waals surface area contributed by atoms with Crippen LogP contribution in [0.2, 0.25) is 0 Å². The third kappa shape index (κ3) is 2.27. The zero-order chi connectivity index (χ0) is 12.5. The number of sulfonamides is 1. The van der Waals surface area contributed by atoms with E-state index in [1.54, 1.807) is 13.1 Å². The molecule has 0 aliphatic heterocycles. The fourth-order valence-electron chi connectivity index (χ4n) is 1.53. The Morgan fingerprint density at radius 2 is 1.88 bits per heavy atom. The summed E-state index contributed by atoms with van der Waals surface area (Å²) in [6, 6.07) is 0.206. The van der Waals surface area contributed by atoms with E-state index in [-0.39, 0.29) is 6.04 Å². The van der Waals surface area contributed by atoms with Crippen LogP contribution in [0, 0.1) is 0 Å². The van der Waals surface area contributed by atoms with E-state index in [1.807, 2.05) is 24.6 Å². The van der Waals surface area contributed by atoms with Gasteiger partial charge in [0.05, 0.1) is 0 Å². The van der Waals surface area contributed by atoms with Gasteiger partial charge in [-0.2, -0.15) is 0 Å². The maximum absolute atomic E-state index is 12.0. The van der Waals surface area contributed by atoms with Gasteiger partial charge < -0.3 is 4.57 Å². The van der Waals surface area contributed by atoms with E-state index in [0.717, 1.165) is 0 Å². The van der Waals surface area contributed by atoms with E-state index in [1.165, 1.54) is 18.4 Å². The molecule has 5 nitrogen and oxygen atoms in total. The second kappa shape index (κ2) is 4.55. The monoisotopic (exact) mass is 245 g/mol. The van der Waals surface area contributed by atoms with Crippen LogP contribution in [0.25, 0.3) is 0 Å². The highest BCUT2D eigenvalue weighted by molar-refractivity contribution is 7.89. The van der Waals surface area contributed by atoms with Gasteiger partial charge in [0.15, 0.2) is 0 Å². The van der Waals surface area contributed by atoms with Crippen molar-refractivity contribution in [3.05, 3.63) is 18.2 Å². The van der Waals surface area contributed by atoms with Gasteiger partial charge in [0.2, 0.25) is 10.0 Å². The molecule has 6 heteroatoms. The molecule has 0 N–H and O–H groups in total. The average molecular weight is 245 g/mol. The van der Waals surface area contributed by atoms with E-state index >= 15 is 0 Å². The fraction of sp³-hybridized carbons (Fsp3) is 0.700. The van der Waals surface area contributed by atoms with Crippen molar-refractivity contribution in [2.45, 2.75) is 32.1 Å². The van der Waals surface area contributed by atoms with Crippen LogP contribution in [0.3, 0.4) is 0 Å². The van der Waals surface area contributed by atoms with Crippen LogP contribution in [-0.2, 0) is 10.0 Å². The minimum atomic E-state index is -3.31. The Hall–Kier alpha value is -0.880. The lowest BCUT2D eigenvalue weighted by Crippen LogP contribution is -2.28. The predicted molar refractivity (Wildman–Crippen MR) is 63.6 cm³/mol. The van der Waals surface area contributed by atoms with Crippen LogP contribution in [-0.4, -0.2) is 36.4 Å². The second-order valence-electron chi connectivity index (χ2n) is 4.26. The summed E-state index contributed by atoms with van der Waals surface area (Å²) in [6.45, 7) is 5.66. The third-order valence-electron chi connectivity index (χ3n) is 2.57. The Morgan fingerprint density at radius 3 is 2.31 bits per heavy atom. The van der Waals surface area contributed by atoms with Crippen molar-refractivity contribution in [2.75, 3.05) is 14.1 Å². The molecule has 1 heterocycles. The fourth-order valence-corrected chi connectivity index (χ4v) is 2.61. The Kier molecular flexibility index (Phi) is 3.75. The molecule has 1 aromatic heterocycles. The van der Waals surface area contributed by atoms with E-state index in [4.69, 9.17) is 0 Å². The molecule has 0 aliphatic carbocycles. The van der Waals surface area contributed by atoms with Crippen molar-refractivity contribution in [3.8, 4) is 0 Å². The number of aromatic nitrogens is 2. The molecule has 0 radical (unpaired) electrons. The summed E-state index contributed by atoms with van der Waals surface area (Å²) in [4.78, 5) is 4.14. The van der Waals surface area contributed by atoms with Gasteiger partial charge in [-0.05, 0) is 20.8 Å². The highest BCUT2D eigenvalue weighted by Crippen LogP contribution is 2.24. The van der Waals surface area contributed by atoms with Crippen LogP contribution < -0.4 is 0 Å². The number of nitrogens with zero attached hydrogens (tertiary/aromatic N) is 3. The zero-order valence-corrected chi connectivity index (χ0v) is 11.2. The van der Waals surface area contributed by atoms with E-state index in [9.17, 15) is 8.42 Å². The molecule has 0 saturated carbocycles. The van der Waals surface area contributed by atoms with Crippen molar-refractivity contribution in [1.29, 1.82) is 0 Å². The molecule has 0 aliphatic rings. The lowest BCUT2D eigenvalue weighted by molar-refractivity contribution is 0.497. The molecule has 16 heavy (non-hydrogen) atoms. The Balaban J connectivity index is 3.15. The molecule has 0 spiro atoms. The zero-order valence-electron chi connectivity index (χ0n) is 10.4. The highest BCUT2D eigenvalue weighted by Gasteiger charge is 2.28. The van der Waals surface area contributed by atoms with Gasteiger partial charge >= 0.3 is 0 Å². The second-order valence-corrected chi connectivity index (χ2v) is 6.72. The maximum atomic E-state index is 12.0. The molecule has 0 bridgehead atoms. The molecule has 0 amide bonds.